The molecule has 0 saturated heterocycles. The third-order valence-electron chi connectivity index (χ3n) is 2.95. The first-order chi connectivity index (χ1) is 5.91. The second kappa shape index (κ2) is 3.13. The Labute approximate surface area is 80.5 Å². The molecule has 13 heavy (non-hydrogen) atoms. The van der Waals surface area contributed by atoms with Gasteiger partial charge in [-0.1, -0.05) is 44.6 Å². The molecule has 0 bridgehead atoms. The molecule has 0 N–H and O–H groups in total. The van der Waals surface area contributed by atoms with Gasteiger partial charge in [-0.2, -0.15) is 0 Å². The Hall–Kier alpha value is -0.850. The van der Waals surface area contributed by atoms with Crippen LogP contribution in [0.1, 0.15) is 34.1 Å². The number of hydrogen-bond donors (Lipinski definition) is 0. The van der Waals surface area contributed by atoms with Gasteiger partial charge in [0, 0.05) is 0 Å². The van der Waals surface area contributed by atoms with Crippen molar-refractivity contribution < 1.29 is 4.79 Å². The fourth-order valence-electron chi connectivity index (χ4n) is 1.74. The fraction of sp³-hybridized carbons (Fsp3) is 0.583. The SMILES string of the molecule is CC1=CC=CC(C=O)(C(C)(C)C)C1. The van der Waals surface area contributed by atoms with Crippen LogP contribution in [0.2, 0.25) is 0 Å². The average Bonchev–Trinajstić information content (AvgIpc) is 2.02. The standard InChI is InChI=1S/C12H18O/c1-10-6-5-7-12(8-10,9-13)11(2,3)4/h5-7,9H,8H2,1-4H3. The third kappa shape index (κ3) is 1.74. The molecule has 0 amide bonds. The first kappa shape index (κ1) is 10.2. The van der Waals surface area contributed by atoms with E-state index in [4.69, 9.17) is 0 Å². The smallest absolute Gasteiger partial charge is 0.130 e. The molecule has 0 spiro atoms. The summed E-state index contributed by atoms with van der Waals surface area (Å²) in [6.45, 7) is 8.42. The van der Waals surface area contributed by atoms with Crippen LogP contribution in [0.25, 0.3) is 0 Å². The van der Waals surface area contributed by atoms with Crippen molar-refractivity contribution in [2.24, 2.45) is 10.8 Å². The van der Waals surface area contributed by atoms with E-state index in [1.165, 1.54) is 5.57 Å². The largest absolute Gasteiger partial charge is 0.302 e. The highest BCUT2D eigenvalue weighted by Crippen LogP contribution is 2.44. The van der Waals surface area contributed by atoms with Crippen molar-refractivity contribution in [2.45, 2.75) is 34.1 Å². The monoisotopic (exact) mass is 178 g/mol. The Bertz CT molecular complexity index is 265. The number of carbonyl (C=O) groups is 1. The molecular formula is C12H18O. The second-order valence-electron chi connectivity index (χ2n) is 4.96. The maximum atomic E-state index is 11.2. The Kier molecular flexibility index (Phi) is 2.47. The normalized spacial score (nSPS) is 28.5. The van der Waals surface area contributed by atoms with Crippen LogP contribution in [-0.2, 0) is 4.79 Å². The van der Waals surface area contributed by atoms with Gasteiger partial charge >= 0.3 is 0 Å². The van der Waals surface area contributed by atoms with Crippen LogP contribution in [0.15, 0.2) is 23.8 Å². The van der Waals surface area contributed by atoms with Gasteiger partial charge in [0.2, 0.25) is 0 Å². The minimum absolute atomic E-state index is 0.000764. The third-order valence-corrected chi connectivity index (χ3v) is 2.95. The summed E-state index contributed by atoms with van der Waals surface area (Å²) in [4.78, 5) is 11.2. The summed E-state index contributed by atoms with van der Waals surface area (Å²) in [6.07, 6.45) is 8.06. The second-order valence-corrected chi connectivity index (χ2v) is 4.96. The molecule has 0 aromatic heterocycles. The first-order valence-electron chi connectivity index (χ1n) is 4.73. The molecule has 0 radical (unpaired) electrons. The van der Waals surface area contributed by atoms with Gasteiger partial charge in [-0.05, 0) is 18.8 Å². The zero-order valence-corrected chi connectivity index (χ0v) is 8.92. The van der Waals surface area contributed by atoms with E-state index in [-0.39, 0.29) is 10.8 Å². The molecule has 0 heterocycles. The highest BCUT2D eigenvalue weighted by Gasteiger charge is 2.40. The summed E-state index contributed by atoms with van der Waals surface area (Å²) in [5, 5.41) is 0. The number of rotatable bonds is 1. The topological polar surface area (TPSA) is 17.1 Å². The van der Waals surface area contributed by atoms with Gasteiger partial charge in [-0.15, -0.1) is 0 Å². The van der Waals surface area contributed by atoms with Gasteiger partial charge in [0.1, 0.15) is 6.29 Å². The van der Waals surface area contributed by atoms with E-state index in [1.54, 1.807) is 0 Å². The Morgan fingerprint density at radius 2 is 2.08 bits per heavy atom. The van der Waals surface area contributed by atoms with E-state index >= 15 is 0 Å². The highest BCUT2D eigenvalue weighted by atomic mass is 16.1. The molecule has 0 aliphatic heterocycles. The molecule has 1 unspecified atom stereocenters. The van der Waals surface area contributed by atoms with Crippen molar-refractivity contribution in [3.05, 3.63) is 23.8 Å². The van der Waals surface area contributed by atoms with Crippen LogP contribution in [0, 0.1) is 10.8 Å². The van der Waals surface area contributed by atoms with Gasteiger partial charge in [0.15, 0.2) is 0 Å². The van der Waals surface area contributed by atoms with Crippen molar-refractivity contribution in [1.29, 1.82) is 0 Å². The van der Waals surface area contributed by atoms with Crippen LogP contribution in [0.4, 0.5) is 0 Å². The van der Waals surface area contributed by atoms with Crippen molar-refractivity contribution in [3.8, 4) is 0 Å². The zero-order chi connectivity index (χ0) is 10.1. The van der Waals surface area contributed by atoms with Gasteiger partial charge in [-0.25, -0.2) is 0 Å². The lowest BCUT2D eigenvalue weighted by Gasteiger charge is -2.39. The Morgan fingerprint density at radius 3 is 2.38 bits per heavy atom. The fourth-order valence-corrected chi connectivity index (χ4v) is 1.74. The lowest BCUT2D eigenvalue weighted by atomic mass is 9.63. The van der Waals surface area contributed by atoms with E-state index in [1.807, 2.05) is 12.2 Å². The molecule has 0 fully saturated rings. The lowest BCUT2D eigenvalue weighted by Crippen LogP contribution is -2.36. The Morgan fingerprint density at radius 1 is 1.46 bits per heavy atom. The van der Waals surface area contributed by atoms with Crippen molar-refractivity contribution in [2.75, 3.05) is 0 Å². The predicted octanol–water partition coefficient (Wildman–Crippen LogP) is 3.12. The molecular weight excluding hydrogens is 160 g/mol. The van der Waals surface area contributed by atoms with Crippen molar-refractivity contribution in [1.82, 2.24) is 0 Å². The molecule has 0 saturated carbocycles. The van der Waals surface area contributed by atoms with E-state index in [9.17, 15) is 4.79 Å². The quantitative estimate of drug-likeness (QED) is 0.564. The average molecular weight is 178 g/mol. The number of aldehydes is 1. The predicted molar refractivity (Wildman–Crippen MR) is 55.5 cm³/mol. The maximum Gasteiger partial charge on any atom is 0.130 e. The van der Waals surface area contributed by atoms with Gasteiger partial charge < -0.3 is 4.79 Å². The molecule has 0 aromatic rings. The van der Waals surface area contributed by atoms with E-state index < -0.39 is 0 Å². The summed E-state index contributed by atoms with van der Waals surface area (Å²) >= 11 is 0. The van der Waals surface area contributed by atoms with Gasteiger partial charge in [0.25, 0.3) is 0 Å². The summed E-state index contributed by atoms with van der Waals surface area (Å²) in [5.41, 5.74) is 0.983. The Balaban J connectivity index is 3.05. The lowest BCUT2D eigenvalue weighted by molar-refractivity contribution is -0.118. The summed E-state index contributed by atoms with van der Waals surface area (Å²) in [7, 11) is 0. The molecule has 1 nitrogen and oxygen atoms in total. The minimum atomic E-state index is -0.300. The molecule has 1 atom stereocenters. The summed E-state index contributed by atoms with van der Waals surface area (Å²) < 4.78 is 0. The highest BCUT2D eigenvalue weighted by molar-refractivity contribution is 5.66. The number of allylic oxidation sites excluding steroid dienone is 4. The van der Waals surface area contributed by atoms with E-state index in [0.717, 1.165) is 12.7 Å². The van der Waals surface area contributed by atoms with E-state index in [2.05, 4.69) is 33.8 Å². The molecule has 1 aliphatic rings. The molecule has 1 rings (SSSR count). The molecule has 72 valence electrons. The summed E-state index contributed by atoms with van der Waals surface area (Å²) in [5.74, 6) is 0. The number of hydrogen-bond acceptors (Lipinski definition) is 1. The zero-order valence-electron chi connectivity index (χ0n) is 8.92. The molecule has 0 aromatic carbocycles. The van der Waals surface area contributed by atoms with Crippen molar-refractivity contribution >= 4 is 6.29 Å². The van der Waals surface area contributed by atoms with Gasteiger partial charge in [0.05, 0.1) is 5.41 Å². The number of carbonyl (C=O) groups excluding carboxylic acids is 1. The summed E-state index contributed by atoms with van der Waals surface area (Å²) in [6, 6.07) is 0. The van der Waals surface area contributed by atoms with Crippen LogP contribution in [0.3, 0.4) is 0 Å². The van der Waals surface area contributed by atoms with Crippen LogP contribution >= 0.6 is 0 Å². The van der Waals surface area contributed by atoms with Gasteiger partial charge in [-0.3, -0.25) is 0 Å². The van der Waals surface area contributed by atoms with Crippen LogP contribution in [-0.4, -0.2) is 6.29 Å². The molecule has 1 heteroatoms. The maximum absolute atomic E-state index is 11.2. The van der Waals surface area contributed by atoms with Crippen LogP contribution in [0.5, 0.6) is 0 Å². The van der Waals surface area contributed by atoms with Crippen LogP contribution < -0.4 is 0 Å². The first-order valence-corrected chi connectivity index (χ1v) is 4.73. The minimum Gasteiger partial charge on any atom is -0.302 e. The van der Waals surface area contributed by atoms with Crippen molar-refractivity contribution in [3.63, 3.8) is 0 Å². The van der Waals surface area contributed by atoms with E-state index in [0.29, 0.717) is 0 Å². The molecule has 1 aliphatic carbocycles.